The lowest BCUT2D eigenvalue weighted by Gasteiger charge is -2.34. The number of allylic oxidation sites excluding steroid dienone is 2. The van der Waals surface area contributed by atoms with Gasteiger partial charge in [-0.05, 0) is 92.4 Å². The second kappa shape index (κ2) is 12.5. The van der Waals surface area contributed by atoms with Crippen LogP contribution >= 0.6 is 0 Å². The number of hydrogen-bond acceptors (Lipinski definition) is 4. The maximum atomic E-state index is 4.40. The standard InChI is InChI=1S/C35H44N4/c1-25(2)34(33-23-27(4)26(3)22-28(33)5)35(30-12-10-9-11-13-30)36-31-14-16-32(17-15-31)38(8)29(6)24-39-20-18-37(7)19-21-39/h9-17,22-23,36H,1,6,18-21,24H2,2-5,7-8H3/b35-34+. The Morgan fingerprint density at radius 1 is 0.846 bits per heavy atom. The number of piperazine rings is 1. The van der Waals surface area contributed by atoms with Gasteiger partial charge in [-0.1, -0.05) is 55.6 Å². The van der Waals surface area contributed by atoms with Gasteiger partial charge in [0.15, 0.2) is 0 Å². The first-order valence-corrected chi connectivity index (χ1v) is 13.9. The lowest BCUT2D eigenvalue weighted by atomic mass is 9.89. The molecule has 4 rings (SSSR count). The van der Waals surface area contributed by atoms with Gasteiger partial charge in [0.1, 0.15) is 0 Å². The molecule has 0 amide bonds. The molecule has 4 heteroatoms. The molecule has 0 aliphatic carbocycles. The van der Waals surface area contributed by atoms with Crippen molar-refractivity contribution in [1.82, 2.24) is 9.80 Å². The van der Waals surface area contributed by atoms with Crippen LogP contribution in [0.5, 0.6) is 0 Å². The van der Waals surface area contributed by atoms with Gasteiger partial charge < -0.3 is 15.1 Å². The molecule has 1 N–H and O–H groups in total. The molecular weight excluding hydrogens is 476 g/mol. The molecule has 1 fully saturated rings. The van der Waals surface area contributed by atoms with E-state index in [4.69, 9.17) is 0 Å². The minimum Gasteiger partial charge on any atom is -0.355 e. The largest absolute Gasteiger partial charge is 0.355 e. The van der Waals surface area contributed by atoms with Crippen LogP contribution in [-0.2, 0) is 0 Å². The fraction of sp³-hybridized carbons (Fsp3) is 0.314. The third kappa shape index (κ3) is 6.89. The van der Waals surface area contributed by atoms with E-state index in [9.17, 15) is 0 Å². The predicted octanol–water partition coefficient (Wildman–Crippen LogP) is 7.37. The van der Waals surface area contributed by atoms with Crippen LogP contribution in [0.15, 0.2) is 91.2 Å². The number of hydrogen-bond donors (Lipinski definition) is 1. The Morgan fingerprint density at radius 3 is 2.08 bits per heavy atom. The van der Waals surface area contributed by atoms with Crippen LogP contribution in [0, 0.1) is 20.8 Å². The number of anilines is 2. The highest BCUT2D eigenvalue weighted by Crippen LogP contribution is 2.35. The lowest BCUT2D eigenvalue weighted by molar-refractivity contribution is 0.163. The number of likely N-dealkylation sites (N-methyl/N-ethyl adjacent to an activating group) is 2. The monoisotopic (exact) mass is 520 g/mol. The molecule has 0 aromatic heterocycles. The van der Waals surface area contributed by atoms with Gasteiger partial charge in [0, 0.05) is 62.4 Å². The van der Waals surface area contributed by atoms with Crippen molar-refractivity contribution in [1.29, 1.82) is 0 Å². The normalized spacial score (nSPS) is 15.0. The molecule has 3 aromatic rings. The van der Waals surface area contributed by atoms with E-state index in [0.29, 0.717) is 0 Å². The Hall–Kier alpha value is -3.60. The van der Waals surface area contributed by atoms with Crippen LogP contribution < -0.4 is 10.2 Å². The average molecular weight is 521 g/mol. The minimum absolute atomic E-state index is 0.891. The van der Waals surface area contributed by atoms with E-state index in [1.165, 1.54) is 22.3 Å². The molecule has 0 radical (unpaired) electrons. The van der Waals surface area contributed by atoms with E-state index >= 15 is 0 Å². The summed E-state index contributed by atoms with van der Waals surface area (Å²) in [5.74, 6) is 0. The first-order valence-electron chi connectivity index (χ1n) is 13.9. The SMILES string of the molecule is C=C(C)/C(=C(\Nc1ccc(N(C)C(=C)CN2CCN(C)CC2)cc1)c1ccccc1)c1cc(C)c(C)cc1C. The zero-order valence-electron chi connectivity index (χ0n) is 24.6. The van der Waals surface area contributed by atoms with Crippen molar-refractivity contribution in [2.24, 2.45) is 0 Å². The summed E-state index contributed by atoms with van der Waals surface area (Å²) < 4.78 is 0. The number of benzene rings is 3. The van der Waals surface area contributed by atoms with Crippen LogP contribution in [0.3, 0.4) is 0 Å². The second-order valence-corrected chi connectivity index (χ2v) is 11.0. The van der Waals surface area contributed by atoms with Crippen LogP contribution in [0.2, 0.25) is 0 Å². The molecular formula is C35H44N4. The molecule has 0 atom stereocenters. The zero-order chi connectivity index (χ0) is 28.1. The van der Waals surface area contributed by atoms with Gasteiger partial charge in [0.05, 0.1) is 5.70 Å². The fourth-order valence-electron chi connectivity index (χ4n) is 5.16. The Morgan fingerprint density at radius 2 is 1.46 bits per heavy atom. The van der Waals surface area contributed by atoms with Crippen molar-refractivity contribution in [3.63, 3.8) is 0 Å². The molecule has 1 heterocycles. The van der Waals surface area contributed by atoms with E-state index in [2.05, 4.69) is 142 Å². The lowest BCUT2D eigenvalue weighted by Crippen LogP contribution is -2.46. The van der Waals surface area contributed by atoms with E-state index in [1.807, 2.05) is 0 Å². The van der Waals surface area contributed by atoms with Gasteiger partial charge in [0.2, 0.25) is 0 Å². The fourth-order valence-corrected chi connectivity index (χ4v) is 5.16. The first kappa shape index (κ1) is 28.4. The number of rotatable bonds is 9. The van der Waals surface area contributed by atoms with Crippen LogP contribution in [0.1, 0.15) is 34.7 Å². The zero-order valence-corrected chi connectivity index (χ0v) is 24.6. The maximum absolute atomic E-state index is 4.40. The molecule has 0 saturated carbocycles. The Labute approximate surface area is 236 Å². The van der Waals surface area contributed by atoms with Crippen molar-refractivity contribution < 1.29 is 0 Å². The highest BCUT2D eigenvalue weighted by atomic mass is 15.3. The van der Waals surface area contributed by atoms with Gasteiger partial charge in [-0.15, -0.1) is 0 Å². The molecule has 0 unspecified atom stereocenters. The Bertz CT molecular complexity index is 1340. The van der Waals surface area contributed by atoms with Gasteiger partial charge in [-0.2, -0.15) is 0 Å². The predicted molar refractivity (Wildman–Crippen MR) is 170 cm³/mol. The molecule has 39 heavy (non-hydrogen) atoms. The van der Waals surface area contributed by atoms with E-state index in [0.717, 1.165) is 72.2 Å². The molecule has 1 saturated heterocycles. The van der Waals surface area contributed by atoms with Crippen molar-refractivity contribution >= 4 is 22.6 Å². The van der Waals surface area contributed by atoms with Crippen LogP contribution in [0.4, 0.5) is 11.4 Å². The first-order chi connectivity index (χ1) is 18.6. The van der Waals surface area contributed by atoms with Crippen molar-refractivity contribution in [3.8, 4) is 0 Å². The van der Waals surface area contributed by atoms with Gasteiger partial charge in [-0.25, -0.2) is 0 Å². The second-order valence-electron chi connectivity index (χ2n) is 11.0. The average Bonchev–Trinajstić information content (AvgIpc) is 2.92. The van der Waals surface area contributed by atoms with Crippen molar-refractivity contribution in [3.05, 3.63) is 119 Å². The van der Waals surface area contributed by atoms with Crippen LogP contribution in [0.25, 0.3) is 11.3 Å². The summed E-state index contributed by atoms with van der Waals surface area (Å²) in [6, 6.07) is 23.8. The van der Waals surface area contributed by atoms with Gasteiger partial charge >= 0.3 is 0 Å². The van der Waals surface area contributed by atoms with E-state index in [-0.39, 0.29) is 0 Å². The summed E-state index contributed by atoms with van der Waals surface area (Å²) in [5, 5.41) is 3.77. The molecule has 1 aliphatic rings. The maximum Gasteiger partial charge on any atom is 0.0540 e. The summed E-state index contributed by atoms with van der Waals surface area (Å²) in [7, 11) is 4.30. The molecule has 204 valence electrons. The van der Waals surface area contributed by atoms with Gasteiger partial charge in [0.25, 0.3) is 0 Å². The molecule has 1 aliphatic heterocycles. The highest BCUT2D eigenvalue weighted by Gasteiger charge is 2.18. The topological polar surface area (TPSA) is 21.8 Å². The molecule has 3 aromatic carbocycles. The number of aryl methyl sites for hydroxylation is 3. The smallest absolute Gasteiger partial charge is 0.0540 e. The molecule has 4 nitrogen and oxygen atoms in total. The Kier molecular flexibility index (Phi) is 9.11. The quantitative estimate of drug-likeness (QED) is 0.235. The summed E-state index contributed by atoms with van der Waals surface area (Å²) >= 11 is 0. The van der Waals surface area contributed by atoms with E-state index < -0.39 is 0 Å². The summed E-state index contributed by atoms with van der Waals surface area (Å²) in [5.41, 5.74) is 12.7. The summed E-state index contributed by atoms with van der Waals surface area (Å²) in [4.78, 5) is 7.07. The molecule has 0 bridgehead atoms. The summed E-state index contributed by atoms with van der Waals surface area (Å²) in [6.07, 6.45) is 0. The summed E-state index contributed by atoms with van der Waals surface area (Å²) in [6.45, 7) is 22.7. The minimum atomic E-state index is 0.891. The van der Waals surface area contributed by atoms with Crippen molar-refractivity contribution in [2.45, 2.75) is 27.7 Å². The number of nitrogens with zero attached hydrogens (tertiary/aromatic N) is 3. The Balaban J connectivity index is 1.63. The van der Waals surface area contributed by atoms with Crippen LogP contribution in [-0.4, -0.2) is 56.6 Å². The van der Waals surface area contributed by atoms with E-state index in [1.54, 1.807) is 0 Å². The number of nitrogens with one attached hydrogen (secondary N) is 1. The third-order valence-electron chi connectivity index (χ3n) is 7.85. The highest BCUT2D eigenvalue weighted by molar-refractivity contribution is 6.02. The molecule has 0 spiro atoms. The van der Waals surface area contributed by atoms with Crippen molar-refractivity contribution in [2.75, 3.05) is 57.0 Å². The third-order valence-corrected chi connectivity index (χ3v) is 7.85. The van der Waals surface area contributed by atoms with Gasteiger partial charge in [-0.3, -0.25) is 4.90 Å².